The molecule has 0 saturated carbocycles. The first-order valence-corrected chi connectivity index (χ1v) is 11.6. The van der Waals surface area contributed by atoms with E-state index >= 15 is 0 Å². The highest BCUT2D eigenvalue weighted by Crippen LogP contribution is 2.28. The van der Waals surface area contributed by atoms with Gasteiger partial charge >= 0.3 is 0 Å². The number of carbonyl (C=O) groups excluding carboxylic acids is 3. The summed E-state index contributed by atoms with van der Waals surface area (Å²) in [7, 11) is -1.33. The summed E-state index contributed by atoms with van der Waals surface area (Å²) in [6.07, 6.45) is -1.33. The molecule has 2 aromatic carbocycles. The average Bonchev–Trinajstić information content (AvgIpc) is 3.12. The van der Waals surface area contributed by atoms with Crippen LogP contribution in [0.1, 0.15) is 16.8 Å². The van der Waals surface area contributed by atoms with Gasteiger partial charge in [-0.3, -0.25) is 24.5 Å². The van der Waals surface area contributed by atoms with Crippen molar-refractivity contribution in [1.29, 1.82) is 0 Å². The molecule has 2 N–H and O–H groups in total. The van der Waals surface area contributed by atoms with Crippen LogP contribution in [-0.4, -0.2) is 69.1 Å². The van der Waals surface area contributed by atoms with Gasteiger partial charge in [0.1, 0.15) is 6.04 Å². The Labute approximate surface area is 200 Å². The minimum Gasteiger partial charge on any atom is -0.354 e. The number of anilines is 1. The SMILES string of the molecule is COC(CN(C(=O)c1cccc([N+](=O)[O-])c1)C1CC(=O)N(c2ccc(S(N)(=O)=O)cc2)C1=O)OC. The first kappa shape index (κ1) is 25.9. The molecule has 3 rings (SSSR count). The number of ether oxygens (including phenoxy) is 2. The van der Waals surface area contributed by atoms with Gasteiger partial charge in [0.2, 0.25) is 15.9 Å². The summed E-state index contributed by atoms with van der Waals surface area (Å²) in [5.74, 6) is -2.12. The molecule has 0 aliphatic carbocycles. The largest absolute Gasteiger partial charge is 0.354 e. The molecule has 3 amide bonds. The van der Waals surface area contributed by atoms with Gasteiger partial charge in [0.15, 0.2) is 6.29 Å². The molecule has 1 aliphatic rings. The van der Waals surface area contributed by atoms with Gasteiger partial charge in [-0.25, -0.2) is 18.5 Å². The van der Waals surface area contributed by atoms with Crippen molar-refractivity contribution in [3.05, 3.63) is 64.2 Å². The third kappa shape index (κ3) is 5.51. The molecule has 13 nitrogen and oxygen atoms in total. The maximum Gasteiger partial charge on any atom is 0.270 e. The van der Waals surface area contributed by atoms with Gasteiger partial charge in [-0.1, -0.05) is 6.07 Å². The number of nitrogens with two attached hydrogens (primary N) is 1. The molecule has 1 atom stereocenters. The Balaban J connectivity index is 1.97. The summed E-state index contributed by atoms with van der Waals surface area (Å²) in [5.41, 5.74) is -0.301. The Morgan fingerprint density at radius 1 is 1.20 bits per heavy atom. The first-order valence-electron chi connectivity index (χ1n) is 10.1. The van der Waals surface area contributed by atoms with E-state index in [-0.39, 0.29) is 34.8 Å². The molecule has 2 aromatic rings. The molecule has 1 unspecified atom stereocenters. The van der Waals surface area contributed by atoms with Crippen LogP contribution in [0.25, 0.3) is 0 Å². The van der Waals surface area contributed by atoms with Crippen molar-refractivity contribution in [2.75, 3.05) is 25.7 Å². The van der Waals surface area contributed by atoms with E-state index in [9.17, 15) is 32.9 Å². The highest BCUT2D eigenvalue weighted by molar-refractivity contribution is 7.89. The van der Waals surface area contributed by atoms with Crippen LogP contribution in [0.2, 0.25) is 0 Å². The smallest absolute Gasteiger partial charge is 0.270 e. The number of nitro groups is 1. The third-order valence-electron chi connectivity index (χ3n) is 5.36. The topological polar surface area (TPSA) is 179 Å². The van der Waals surface area contributed by atoms with E-state index in [0.29, 0.717) is 0 Å². The minimum atomic E-state index is -3.98. The average molecular weight is 506 g/mol. The number of imide groups is 1. The molecule has 14 heteroatoms. The predicted molar refractivity (Wildman–Crippen MR) is 121 cm³/mol. The fourth-order valence-electron chi connectivity index (χ4n) is 3.59. The lowest BCUT2D eigenvalue weighted by Crippen LogP contribution is -2.49. The molecule has 0 radical (unpaired) electrons. The zero-order valence-corrected chi connectivity index (χ0v) is 19.5. The summed E-state index contributed by atoms with van der Waals surface area (Å²) in [4.78, 5) is 51.6. The molecule has 0 spiro atoms. The molecule has 35 heavy (non-hydrogen) atoms. The summed E-state index contributed by atoms with van der Waals surface area (Å²) >= 11 is 0. The molecule has 1 heterocycles. The van der Waals surface area contributed by atoms with E-state index in [0.717, 1.165) is 28.0 Å². The second-order valence-corrected chi connectivity index (χ2v) is 9.05. The standard InChI is InChI=1S/C21H22N4O9S/c1-33-19(34-2)12-23(20(27)13-4-3-5-15(10-13)25(29)30)17-11-18(26)24(21(17)28)14-6-8-16(9-7-14)35(22,31)32/h3-10,17,19H,11-12H2,1-2H3,(H2,22,31,32). The van der Waals surface area contributed by atoms with Crippen LogP contribution in [0.5, 0.6) is 0 Å². The first-order chi connectivity index (χ1) is 16.5. The lowest BCUT2D eigenvalue weighted by molar-refractivity contribution is -0.384. The lowest BCUT2D eigenvalue weighted by atomic mass is 10.1. The number of hydrogen-bond donors (Lipinski definition) is 1. The number of carbonyl (C=O) groups is 3. The van der Waals surface area contributed by atoms with E-state index in [1.165, 1.54) is 44.6 Å². The van der Waals surface area contributed by atoms with Crippen molar-refractivity contribution in [2.24, 2.45) is 5.14 Å². The van der Waals surface area contributed by atoms with Gasteiger partial charge in [0.25, 0.3) is 17.5 Å². The normalized spacial score (nSPS) is 16.1. The molecule has 1 aliphatic heterocycles. The molecule has 0 bridgehead atoms. The molecular weight excluding hydrogens is 484 g/mol. The number of benzene rings is 2. The van der Waals surface area contributed by atoms with Crippen LogP contribution < -0.4 is 10.0 Å². The highest BCUT2D eigenvalue weighted by atomic mass is 32.2. The number of amides is 3. The van der Waals surface area contributed by atoms with Crippen LogP contribution in [0.3, 0.4) is 0 Å². The third-order valence-corrected chi connectivity index (χ3v) is 6.29. The number of primary sulfonamides is 1. The number of sulfonamides is 1. The number of methoxy groups -OCH3 is 2. The van der Waals surface area contributed by atoms with Crippen LogP contribution in [0.15, 0.2) is 53.4 Å². The predicted octanol–water partition coefficient (Wildman–Crippen LogP) is 0.635. The lowest BCUT2D eigenvalue weighted by Gasteiger charge is -2.30. The summed E-state index contributed by atoms with van der Waals surface area (Å²) in [5, 5.41) is 16.2. The zero-order valence-electron chi connectivity index (χ0n) is 18.7. The Morgan fingerprint density at radius 3 is 2.37 bits per heavy atom. The van der Waals surface area contributed by atoms with E-state index in [2.05, 4.69) is 0 Å². The van der Waals surface area contributed by atoms with E-state index < -0.39 is 45.0 Å². The maximum absolute atomic E-state index is 13.4. The van der Waals surface area contributed by atoms with Crippen molar-refractivity contribution in [2.45, 2.75) is 23.6 Å². The Hall–Kier alpha value is -3.72. The van der Waals surface area contributed by atoms with Gasteiger partial charge < -0.3 is 14.4 Å². The highest BCUT2D eigenvalue weighted by Gasteiger charge is 2.45. The summed E-state index contributed by atoms with van der Waals surface area (Å²) in [6.45, 7) is -0.254. The number of rotatable bonds is 9. The van der Waals surface area contributed by atoms with Crippen molar-refractivity contribution >= 4 is 39.1 Å². The van der Waals surface area contributed by atoms with Crippen molar-refractivity contribution in [1.82, 2.24) is 4.90 Å². The zero-order chi connectivity index (χ0) is 25.9. The van der Waals surface area contributed by atoms with E-state index in [1.807, 2.05) is 0 Å². The Kier molecular flexibility index (Phi) is 7.60. The molecule has 186 valence electrons. The van der Waals surface area contributed by atoms with Gasteiger partial charge in [0.05, 0.1) is 28.5 Å². The van der Waals surface area contributed by atoms with E-state index in [4.69, 9.17) is 14.6 Å². The van der Waals surface area contributed by atoms with Crippen LogP contribution in [-0.2, 0) is 29.1 Å². The maximum atomic E-state index is 13.4. The van der Waals surface area contributed by atoms with Crippen molar-refractivity contribution in [3.8, 4) is 0 Å². The second-order valence-electron chi connectivity index (χ2n) is 7.49. The number of non-ortho nitro benzene ring substituents is 1. The molecule has 1 fully saturated rings. The van der Waals surface area contributed by atoms with Gasteiger partial charge in [-0.2, -0.15) is 0 Å². The number of nitro benzene ring substituents is 1. The van der Waals surface area contributed by atoms with Gasteiger partial charge in [-0.15, -0.1) is 0 Å². The van der Waals surface area contributed by atoms with Crippen molar-refractivity contribution in [3.63, 3.8) is 0 Å². The van der Waals surface area contributed by atoms with Gasteiger partial charge in [0, 0.05) is 31.9 Å². The second kappa shape index (κ2) is 10.3. The van der Waals surface area contributed by atoms with E-state index in [1.54, 1.807) is 0 Å². The van der Waals surface area contributed by atoms with Crippen LogP contribution in [0, 0.1) is 10.1 Å². The summed E-state index contributed by atoms with van der Waals surface area (Å²) < 4.78 is 33.3. The number of nitrogens with zero attached hydrogens (tertiary/aromatic N) is 3. The van der Waals surface area contributed by atoms with Crippen LogP contribution in [0.4, 0.5) is 11.4 Å². The van der Waals surface area contributed by atoms with Crippen molar-refractivity contribution < 1.29 is 37.2 Å². The number of hydrogen-bond acceptors (Lipinski definition) is 9. The van der Waals surface area contributed by atoms with Crippen LogP contribution >= 0.6 is 0 Å². The Morgan fingerprint density at radius 2 is 1.83 bits per heavy atom. The fraction of sp³-hybridized carbons (Fsp3) is 0.286. The quantitative estimate of drug-likeness (QED) is 0.221. The molecular formula is C21H22N4O9S. The monoisotopic (exact) mass is 506 g/mol. The summed E-state index contributed by atoms with van der Waals surface area (Å²) in [6, 6.07) is 8.49. The fourth-order valence-corrected chi connectivity index (χ4v) is 4.11. The molecule has 1 saturated heterocycles. The minimum absolute atomic E-state index is 0.0682. The van der Waals surface area contributed by atoms with Gasteiger partial charge in [-0.05, 0) is 30.3 Å². The molecule has 0 aromatic heterocycles. The Bertz CT molecular complexity index is 1260.